The van der Waals surface area contributed by atoms with Crippen LogP contribution in [0.5, 0.6) is 0 Å². The van der Waals surface area contributed by atoms with Gasteiger partial charge in [-0.25, -0.2) is 0 Å². The van der Waals surface area contributed by atoms with Crippen LogP contribution in [0.3, 0.4) is 0 Å². The molecule has 0 radical (unpaired) electrons. The Morgan fingerprint density at radius 1 is 1.08 bits per heavy atom. The third kappa shape index (κ3) is 8.02. The molecular formula is C10H22O2. The smallest absolute Gasteiger partial charge is 0.0784 e. The van der Waals surface area contributed by atoms with Gasteiger partial charge < -0.3 is 9.47 Å². The van der Waals surface area contributed by atoms with Crippen LogP contribution in [-0.2, 0) is 9.47 Å². The molecule has 0 unspecified atom stereocenters. The first-order valence-electron chi connectivity index (χ1n) is 4.60. The zero-order valence-electron chi connectivity index (χ0n) is 9.18. The molecule has 0 spiro atoms. The summed E-state index contributed by atoms with van der Waals surface area (Å²) in [5, 5.41) is 0. The van der Waals surface area contributed by atoms with E-state index < -0.39 is 0 Å². The Bertz CT molecular complexity index is 113. The van der Waals surface area contributed by atoms with Crippen molar-refractivity contribution in [3.05, 3.63) is 0 Å². The summed E-state index contributed by atoms with van der Waals surface area (Å²) in [6, 6.07) is 0. The van der Waals surface area contributed by atoms with E-state index >= 15 is 0 Å². The molecule has 0 bridgehead atoms. The van der Waals surface area contributed by atoms with Crippen LogP contribution in [0, 0.1) is 0 Å². The molecule has 0 saturated carbocycles. The molecule has 0 saturated heterocycles. The second-order valence-electron chi connectivity index (χ2n) is 4.42. The van der Waals surface area contributed by atoms with Gasteiger partial charge in [-0.05, 0) is 41.5 Å². The standard InChI is InChI=1S/C10H22O2/c1-8(2)12-9(3)7-11-10(4,5)6/h8-9H,7H2,1-6H3/t9-/m1/s1. The predicted molar refractivity (Wildman–Crippen MR) is 51.4 cm³/mol. The molecule has 74 valence electrons. The van der Waals surface area contributed by atoms with Gasteiger partial charge in [0, 0.05) is 0 Å². The zero-order valence-corrected chi connectivity index (χ0v) is 9.18. The van der Waals surface area contributed by atoms with E-state index in [-0.39, 0.29) is 17.8 Å². The minimum atomic E-state index is -0.0609. The van der Waals surface area contributed by atoms with E-state index in [9.17, 15) is 0 Å². The molecule has 12 heavy (non-hydrogen) atoms. The fourth-order valence-electron chi connectivity index (χ4n) is 0.871. The Labute approximate surface area is 76.3 Å². The van der Waals surface area contributed by atoms with Gasteiger partial charge >= 0.3 is 0 Å². The maximum atomic E-state index is 5.57. The van der Waals surface area contributed by atoms with Crippen LogP contribution in [0.1, 0.15) is 41.5 Å². The van der Waals surface area contributed by atoms with Gasteiger partial charge in [0.05, 0.1) is 24.4 Å². The van der Waals surface area contributed by atoms with Crippen molar-refractivity contribution in [2.24, 2.45) is 0 Å². The van der Waals surface area contributed by atoms with E-state index in [2.05, 4.69) is 20.8 Å². The fourth-order valence-corrected chi connectivity index (χ4v) is 0.871. The first-order chi connectivity index (χ1) is 5.31. The van der Waals surface area contributed by atoms with Crippen molar-refractivity contribution in [3.8, 4) is 0 Å². The van der Waals surface area contributed by atoms with Crippen LogP contribution in [0.25, 0.3) is 0 Å². The summed E-state index contributed by atoms with van der Waals surface area (Å²) in [5.41, 5.74) is -0.0609. The van der Waals surface area contributed by atoms with Crippen LogP contribution in [0.2, 0.25) is 0 Å². The molecule has 2 nitrogen and oxygen atoms in total. The van der Waals surface area contributed by atoms with Crippen molar-refractivity contribution < 1.29 is 9.47 Å². The summed E-state index contributed by atoms with van der Waals surface area (Å²) in [6.45, 7) is 12.9. The second-order valence-corrected chi connectivity index (χ2v) is 4.42. The molecule has 0 aliphatic heterocycles. The van der Waals surface area contributed by atoms with Gasteiger partial charge in [0.15, 0.2) is 0 Å². The first kappa shape index (κ1) is 11.9. The maximum Gasteiger partial charge on any atom is 0.0784 e. The lowest BCUT2D eigenvalue weighted by atomic mass is 10.2. The number of ether oxygens (including phenoxy) is 2. The largest absolute Gasteiger partial charge is 0.373 e. The number of hydrogen-bond donors (Lipinski definition) is 0. The molecule has 0 aliphatic carbocycles. The van der Waals surface area contributed by atoms with Crippen molar-refractivity contribution in [2.75, 3.05) is 6.61 Å². The number of hydrogen-bond acceptors (Lipinski definition) is 2. The van der Waals surface area contributed by atoms with Gasteiger partial charge in [-0.2, -0.15) is 0 Å². The van der Waals surface area contributed by atoms with Crippen molar-refractivity contribution >= 4 is 0 Å². The molecule has 0 heterocycles. The van der Waals surface area contributed by atoms with Crippen LogP contribution < -0.4 is 0 Å². The summed E-state index contributed by atoms with van der Waals surface area (Å²) < 4.78 is 11.1. The van der Waals surface area contributed by atoms with E-state index in [4.69, 9.17) is 9.47 Å². The fraction of sp³-hybridized carbons (Fsp3) is 1.00. The van der Waals surface area contributed by atoms with E-state index in [1.807, 2.05) is 20.8 Å². The lowest BCUT2D eigenvalue weighted by Crippen LogP contribution is -2.27. The van der Waals surface area contributed by atoms with Gasteiger partial charge in [-0.1, -0.05) is 0 Å². The lowest BCUT2D eigenvalue weighted by molar-refractivity contribution is -0.0810. The predicted octanol–water partition coefficient (Wildman–Crippen LogP) is 2.62. The highest BCUT2D eigenvalue weighted by Gasteiger charge is 2.13. The SMILES string of the molecule is CC(C)O[C@H](C)COC(C)(C)C. The average molecular weight is 174 g/mol. The molecule has 0 aromatic carbocycles. The van der Waals surface area contributed by atoms with Crippen molar-refractivity contribution in [3.63, 3.8) is 0 Å². The first-order valence-corrected chi connectivity index (χ1v) is 4.60. The third-order valence-electron chi connectivity index (χ3n) is 1.26. The monoisotopic (exact) mass is 174 g/mol. The van der Waals surface area contributed by atoms with Gasteiger partial charge in [0.25, 0.3) is 0 Å². The highest BCUT2D eigenvalue weighted by molar-refractivity contribution is 4.60. The summed E-state index contributed by atoms with van der Waals surface area (Å²) in [5.74, 6) is 0. The van der Waals surface area contributed by atoms with Gasteiger partial charge in [-0.3, -0.25) is 0 Å². The maximum absolute atomic E-state index is 5.57. The summed E-state index contributed by atoms with van der Waals surface area (Å²) in [6.07, 6.45) is 0.466. The van der Waals surface area contributed by atoms with Gasteiger partial charge in [-0.15, -0.1) is 0 Å². The molecule has 0 aromatic rings. The molecular weight excluding hydrogens is 152 g/mol. The molecule has 0 N–H and O–H groups in total. The van der Waals surface area contributed by atoms with Gasteiger partial charge in [0.2, 0.25) is 0 Å². The number of rotatable bonds is 4. The Morgan fingerprint density at radius 2 is 1.58 bits per heavy atom. The lowest BCUT2D eigenvalue weighted by Gasteiger charge is -2.23. The van der Waals surface area contributed by atoms with Crippen molar-refractivity contribution in [1.29, 1.82) is 0 Å². The quantitative estimate of drug-likeness (QED) is 0.652. The Kier molecular flexibility index (Phi) is 4.80. The summed E-state index contributed by atoms with van der Waals surface area (Å²) >= 11 is 0. The molecule has 0 rings (SSSR count). The zero-order chi connectivity index (χ0) is 9.78. The Hall–Kier alpha value is -0.0800. The Balaban J connectivity index is 3.51. The third-order valence-corrected chi connectivity index (χ3v) is 1.26. The normalized spacial score (nSPS) is 15.2. The minimum Gasteiger partial charge on any atom is -0.373 e. The topological polar surface area (TPSA) is 18.5 Å². The second kappa shape index (κ2) is 4.83. The van der Waals surface area contributed by atoms with Crippen LogP contribution in [0.4, 0.5) is 0 Å². The highest BCUT2D eigenvalue weighted by atomic mass is 16.5. The molecule has 0 amide bonds. The summed E-state index contributed by atoms with van der Waals surface area (Å²) in [7, 11) is 0. The molecule has 1 atom stereocenters. The minimum absolute atomic E-state index is 0.0609. The van der Waals surface area contributed by atoms with Crippen molar-refractivity contribution in [1.82, 2.24) is 0 Å². The van der Waals surface area contributed by atoms with E-state index in [1.54, 1.807) is 0 Å². The average Bonchev–Trinajstić information content (AvgIpc) is 1.80. The molecule has 0 fully saturated rings. The van der Waals surface area contributed by atoms with E-state index in [0.29, 0.717) is 6.61 Å². The van der Waals surface area contributed by atoms with Crippen LogP contribution >= 0.6 is 0 Å². The van der Waals surface area contributed by atoms with Crippen molar-refractivity contribution in [2.45, 2.75) is 59.4 Å². The Morgan fingerprint density at radius 3 is 1.92 bits per heavy atom. The molecule has 2 heteroatoms. The van der Waals surface area contributed by atoms with E-state index in [1.165, 1.54) is 0 Å². The highest BCUT2D eigenvalue weighted by Crippen LogP contribution is 2.08. The van der Waals surface area contributed by atoms with Gasteiger partial charge in [0.1, 0.15) is 0 Å². The molecule has 0 aliphatic rings. The summed E-state index contributed by atoms with van der Waals surface area (Å²) in [4.78, 5) is 0. The van der Waals surface area contributed by atoms with E-state index in [0.717, 1.165) is 0 Å². The molecule has 0 aromatic heterocycles. The van der Waals surface area contributed by atoms with Crippen LogP contribution in [0.15, 0.2) is 0 Å². The van der Waals surface area contributed by atoms with Crippen LogP contribution in [-0.4, -0.2) is 24.4 Å².